The van der Waals surface area contributed by atoms with Gasteiger partial charge < -0.3 is 15.5 Å². The van der Waals surface area contributed by atoms with Crippen molar-refractivity contribution in [1.29, 1.82) is 0 Å². The minimum absolute atomic E-state index is 0. The fourth-order valence-electron chi connectivity index (χ4n) is 3.80. The molecule has 0 spiro atoms. The number of nitrogens with zero attached hydrogens (tertiary/aromatic N) is 3. The van der Waals surface area contributed by atoms with E-state index in [9.17, 15) is 4.79 Å². The van der Waals surface area contributed by atoms with E-state index >= 15 is 0 Å². The van der Waals surface area contributed by atoms with Crippen molar-refractivity contribution < 1.29 is 4.79 Å². The maximum atomic E-state index is 11.9. The summed E-state index contributed by atoms with van der Waals surface area (Å²) < 4.78 is 0. The zero-order chi connectivity index (χ0) is 21.2. The van der Waals surface area contributed by atoms with E-state index in [-0.39, 0.29) is 29.9 Å². The Hall–Kier alpha value is -1.35. The molecule has 1 aromatic carbocycles. The van der Waals surface area contributed by atoms with Gasteiger partial charge in [0, 0.05) is 50.4 Å². The quantitative estimate of drug-likeness (QED) is 0.208. The van der Waals surface area contributed by atoms with Crippen molar-refractivity contribution in [2.75, 3.05) is 31.1 Å². The molecule has 1 aliphatic heterocycles. The molecule has 30 heavy (non-hydrogen) atoms. The Morgan fingerprint density at radius 1 is 1.13 bits per heavy atom. The molecule has 1 aliphatic rings. The van der Waals surface area contributed by atoms with Crippen molar-refractivity contribution in [1.82, 2.24) is 15.5 Å². The molecule has 0 aliphatic carbocycles. The number of benzene rings is 1. The van der Waals surface area contributed by atoms with Crippen LogP contribution in [0.1, 0.15) is 59.4 Å². The average molecular weight is 530 g/mol. The van der Waals surface area contributed by atoms with Gasteiger partial charge in [0.2, 0.25) is 5.91 Å². The molecule has 0 saturated carbocycles. The molecule has 1 saturated heterocycles. The van der Waals surface area contributed by atoms with Crippen molar-refractivity contribution >= 4 is 41.5 Å². The first-order chi connectivity index (χ1) is 13.9. The number of nitrogens with one attached hydrogen (secondary N) is 2. The number of hydrogen-bond acceptors (Lipinski definition) is 3. The van der Waals surface area contributed by atoms with Gasteiger partial charge in [0.1, 0.15) is 0 Å². The first-order valence-electron chi connectivity index (χ1n) is 11.1. The Labute approximate surface area is 199 Å². The SMILES string of the molecule is CCNC(=NCc1ccc(N2CCCC2=O)cc1)NCCCN(C(C)C)C(C)C.I. The topological polar surface area (TPSA) is 60.0 Å². The fraction of sp³-hybridized carbons (Fsp3) is 0.652. The van der Waals surface area contributed by atoms with Crippen LogP contribution in [0.15, 0.2) is 29.3 Å². The van der Waals surface area contributed by atoms with Crippen molar-refractivity contribution in [3.8, 4) is 0 Å². The number of rotatable bonds is 10. The van der Waals surface area contributed by atoms with Gasteiger partial charge in [-0.25, -0.2) is 4.99 Å². The van der Waals surface area contributed by atoms with Crippen molar-refractivity contribution in [2.45, 2.75) is 72.5 Å². The van der Waals surface area contributed by atoms with Gasteiger partial charge in [-0.1, -0.05) is 12.1 Å². The maximum Gasteiger partial charge on any atom is 0.227 e. The van der Waals surface area contributed by atoms with Crippen molar-refractivity contribution in [3.63, 3.8) is 0 Å². The lowest BCUT2D eigenvalue weighted by Gasteiger charge is -2.30. The number of hydrogen-bond donors (Lipinski definition) is 2. The summed E-state index contributed by atoms with van der Waals surface area (Å²) in [6, 6.07) is 9.32. The van der Waals surface area contributed by atoms with Crippen LogP contribution in [0, 0.1) is 0 Å². The van der Waals surface area contributed by atoms with Crippen LogP contribution < -0.4 is 15.5 Å². The second-order valence-electron chi connectivity index (χ2n) is 8.22. The Morgan fingerprint density at radius 3 is 2.33 bits per heavy atom. The molecule has 1 heterocycles. The summed E-state index contributed by atoms with van der Waals surface area (Å²) in [4.78, 5) is 21.0. The van der Waals surface area contributed by atoms with E-state index in [2.05, 4.69) is 62.3 Å². The number of aliphatic imine (C=N–C) groups is 1. The van der Waals surface area contributed by atoms with E-state index in [1.54, 1.807) is 0 Å². The molecule has 0 aromatic heterocycles. The highest BCUT2D eigenvalue weighted by atomic mass is 127. The van der Waals surface area contributed by atoms with Gasteiger partial charge in [0.05, 0.1) is 6.54 Å². The van der Waals surface area contributed by atoms with E-state index < -0.39 is 0 Å². The summed E-state index contributed by atoms with van der Waals surface area (Å²) in [7, 11) is 0. The first kappa shape index (κ1) is 26.7. The summed E-state index contributed by atoms with van der Waals surface area (Å²) >= 11 is 0. The standard InChI is InChI=1S/C23H39N5O.HI/c1-6-24-23(25-14-8-16-27(18(2)3)19(4)5)26-17-20-10-12-21(13-11-20)28-15-7-9-22(28)29;/h10-13,18-19H,6-9,14-17H2,1-5H3,(H2,24,25,26);1H. The Balaban J connectivity index is 0.00000450. The third-order valence-electron chi connectivity index (χ3n) is 5.30. The second-order valence-corrected chi connectivity index (χ2v) is 8.22. The van der Waals surface area contributed by atoms with E-state index in [0.29, 0.717) is 25.0 Å². The van der Waals surface area contributed by atoms with Crippen LogP contribution in [0.4, 0.5) is 5.69 Å². The van der Waals surface area contributed by atoms with Crippen LogP contribution in [0.2, 0.25) is 0 Å². The zero-order valence-corrected chi connectivity index (χ0v) is 21.6. The number of guanidine groups is 1. The zero-order valence-electron chi connectivity index (χ0n) is 19.3. The van der Waals surface area contributed by atoms with Crippen LogP contribution in [0.3, 0.4) is 0 Å². The molecule has 1 aromatic rings. The van der Waals surface area contributed by atoms with E-state index in [0.717, 1.165) is 56.2 Å². The minimum atomic E-state index is 0. The summed E-state index contributed by atoms with van der Waals surface area (Å²) in [5.74, 6) is 1.08. The lowest BCUT2D eigenvalue weighted by Crippen LogP contribution is -2.41. The van der Waals surface area contributed by atoms with Crippen LogP contribution in [0.5, 0.6) is 0 Å². The van der Waals surface area contributed by atoms with Crippen molar-refractivity contribution in [2.24, 2.45) is 4.99 Å². The normalized spacial score (nSPS) is 14.6. The molecular weight excluding hydrogens is 489 g/mol. The molecule has 0 bridgehead atoms. The highest BCUT2D eigenvalue weighted by Crippen LogP contribution is 2.21. The van der Waals surface area contributed by atoms with Gasteiger partial charge in [-0.3, -0.25) is 9.69 Å². The van der Waals surface area contributed by atoms with Crippen molar-refractivity contribution in [3.05, 3.63) is 29.8 Å². The molecule has 0 atom stereocenters. The number of anilines is 1. The molecule has 1 amide bonds. The smallest absolute Gasteiger partial charge is 0.227 e. The molecule has 0 radical (unpaired) electrons. The van der Waals surface area contributed by atoms with E-state index in [1.807, 2.05) is 17.0 Å². The summed E-state index contributed by atoms with van der Waals surface area (Å²) in [5.41, 5.74) is 2.13. The van der Waals surface area contributed by atoms with Gasteiger partial charge in [-0.05, 0) is 65.2 Å². The van der Waals surface area contributed by atoms with E-state index in [1.165, 1.54) is 0 Å². The predicted molar refractivity (Wildman–Crippen MR) is 138 cm³/mol. The molecule has 2 N–H and O–H groups in total. The van der Waals surface area contributed by atoms with Gasteiger partial charge >= 0.3 is 0 Å². The van der Waals surface area contributed by atoms with Crippen LogP contribution >= 0.6 is 24.0 Å². The number of halogens is 1. The molecule has 0 unspecified atom stereocenters. The monoisotopic (exact) mass is 529 g/mol. The maximum absolute atomic E-state index is 11.9. The lowest BCUT2D eigenvalue weighted by molar-refractivity contribution is -0.117. The summed E-state index contributed by atoms with van der Waals surface area (Å²) in [5, 5.41) is 6.77. The molecule has 1 fully saturated rings. The Kier molecular flexibility index (Phi) is 12.3. The molecule has 2 rings (SSSR count). The van der Waals surface area contributed by atoms with Gasteiger partial charge in [-0.15, -0.1) is 24.0 Å². The Bertz CT molecular complexity index is 652. The Morgan fingerprint density at radius 2 is 1.80 bits per heavy atom. The van der Waals surface area contributed by atoms with Crippen LogP contribution in [0.25, 0.3) is 0 Å². The van der Waals surface area contributed by atoms with Crippen LogP contribution in [-0.2, 0) is 11.3 Å². The lowest BCUT2D eigenvalue weighted by atomic mass is 10.2. The third-order valence-corrected chi connectivity index (χ3v) is 5.30. The number of carbonyl (C=O) groups is 1. The van der Waals surface area contributed by atoms with Gasteiger partial charge in [0.25, 0.3) is 0 Å². The summed E-state index contributed by atoms with van der Waals surface area (Å²) in [6.45, 7) is 15.4. The molecule has 6 nitrogen and oxygen atoms in total. The van der Waals surface area contributed by atoms with Gasteiger partial charge in [-0.2, -0.15) is 0 Å². The third kappa shape index (κ3) is 8.41. The predicted octanol–water partition coefficient (Wildman–Crippen LogP) is 4.00. The number of amides is 1. The first-order valence-corrected chi connectivity index (χ1v) is 11.1. The van der Waals surface area contributed by atoms with E-state index in [4.69, 9.17) is 4.99 Å². The molecule has 170 valence electrons. The largest absolute Gasteiger partial charge is 0.357 e. The molecular formula is C23H40IN5O. The minimum Gasteiger partial charge on any atom is -0.357 e. The van der Waals surface area contributed by atoms with Crippen LogP contribution in [-0.4, -0.2) is 55.0 Å². The highest BCUT2D eigenvalue weighted by molar-refractivity contribution is 14.0. The molecule has 7 heteroatoms. The average Bonchev–Trinajstić information content (AvgIpc) is 3.11. The van der Waals surface area contributed by atoms with Gasteiger partial charge in [0.15, 0.2) is 5.96 Å². The summed E-state index contributed by atoms with van der Waals surface area (Å²) in [6.07, 6.45) is 2.70. The highest BCUT2D eigenvalue weighted by Gasteiger charge is 2.21. The number of carbonyl (C=O) groups excluding carboxylic acids is 1. The fourth-order valence-corrected chi connectivity index (χ4v) is 3.80. The second kappa shape index (κ2) is 13.9.